The number of aromatic nitrogens is 1. The molecule has 3 amide bonds. The Morgan fingerprint density at radius 2 is 1.97 bits per heavy atom. The first-order valence-corrected chi connectivity index (χ1v) is 10.8. The second-order valence-electron chi connectivity index (χ2n) is 7.89. The van der Waals surface area contributed by atoms with Gasteiger partial charge < -0.3 is 14.7 Å². The van der Waals surface area contributed by atoms with E-state index in [4.69, 9.17) is 11.6 Å². The third-order valence-electron chi connectivity index (χ3n) is 5.89. The van der Waals surface area contributed by atoms with Gasteiger partial charge in [0.1, 0.15) is 0 Å². The van der Waals surface area contributed by atoms with E-state index in [1.165, 1.54) is 0 Å². The minimum Gasteiger partial charge on any atom is -0.367 e. The fourth-order valence-electron chi connectivity index (χ4n) is 4.12. The van der Waals surface area contributed by atoms with Crippen LogP contribution in [0.4, 0.5) is 10.5 Å². The lowest BCUT2D eigenvalue weighted by molar-refractivity contribution is -0.131. The zero-order valence-corrected chi connectivity index (χ0v) is 17.9. The Balaban J connectivity index is 1.39. The van der Waals surface area contributed by atoms with Crippen LogP contribution in [0.15, 0.2) is 35.5 Å². The van der Waals surface area contributed by atoms with Crippen molar-refractivity contribution >= 4 is 46.3 Å². The summed E-state index contributed by atoms with van der Waals surface area (Å²) in [6, 6.07) is 7.46. The molecule has 7 nitrogen and oxygen atoms in total. The Bertz CT molecular complexity index is 971. The largest absolute Gasteiger partial charge is 0.367 e. The quantitative estimate of drug-likeness (QED) is 0.688. The molecule has 0 saturated carbocycles. The van der Waals surface area contributed by atoms with E-state index in [0.717, 1.165) is 42.4 Å². The summed E-state index contributed by atoms with van der Waals surface area (Å²) in [5, 5.41) is 1.72. The van der Waals surface area contributed by atoms with Crippen LogP contribution in [0.5, 0.6) is 0 Å². The number of urea groups is 1. The Morgan fingerprint density at radius 3 is 2.77 bits per heavy atom. The molecule has 0 spiro atoms. The zero-order chi connectivity index (χ0) is 21.1. The monoisotopic (exact) mass is 427 g/mol. The standard InChI is InChI=1S/C22H26ClN5O2/c1-26-9-3-2-4-16(21(26)29)15-25-22(30)28-12-10-27(11-13-28)20-7-8-24-19-14-17(23)5-6-18(19)20/h5-8,14-16H,2-4,9-13H2,1H3. The van der Waals surface area contributed by atoms with Crippen LogP contribution in [0.1, 0.15) is 19.3 Å². The highest BCUT2D eigenvalue weighted by Gasteiger charge is 2.25. The number of nitrogens with zero attached hydrogens (tertiary/aromatic N) is 5. The highest BCUT2D eigenvalue weighted by Crippen LogP contribution is 2.28. The average molecular weight is 428 g/mol. The van der Waals surface area contributed by atoms with E-state index in [9.17, 15) is 9.59 Å². The van der Waals surface area contributed by atoms with Gasteiger partial charge in [0.2, 0.25) is 5.91 Å². The van der Waals surface area contributed by atoms with Gasteiger partial charge in [0.25, 0.3) is 0 Å². The van der Waals surface area contributed by atoms with E-state index in [-0.39, 0.29) is 17.9 Å². The summed E-state index contributed by atoms with van der Waals surface area (Å²) in [6.07, 6.45) is 6.07. The van der Waals surface area contributed by atoms with Gasteiger partial charge >= 0.3 is 6.03 Å². The molecule has 0 bridgehead atoms. The van der Waals surface area contributed by atoms with Gasteiger partial charge in [-0.25, -0.2) is 9.79 Å². The number of pyridine rings is 1. The van der Waals surface area contributed by atoms with Crippen LogP contribution in [0.3, 0.4) is 0 Å². The van der Waals surface area contributed by atoms with Crippen LogP contribution < -0.4 is 4.90 Å². The third-order valence-corrected chi connectivity index (χ3v) is 6.12. The van der Waals surface area contributed by atoms with Crippen molar-refractivity contribution in [1.82, 2.24) is 14.8 Å². The number of anilines is 1. The number of fused-ring (bicyclic) bond motifs is 1. The van der Waals surface area contributed by atoms with E-state index in [1.807, 2.05) is 31.3 Å². The maximum Gasteiger partial charge on any atom is 0.343 e. The fraction of sp³-hybridized carbons (Fsp3) is 0.455. The van der Waals surface area contributed by atoms with Gasteiger partial charge in [0, 0.05) is 68.3 Å². The van der Waals surface area contributed by atoms with Gasteiger partial charge in [0.15, 0.2) is 0 Å². The number of piperazine rings is 1. The highest BCUT2D eigenvalue weighted by atomic mass is 35.5. The number of aliphatic imine (C=N–C) groups is 1. The first-order chi connectivity index (χ1) is 14.5. The minimum absolute atomic E-state index is 0.0542. The van der Waals surface area contributed by atoms with E-state index in [2.05, 4.69) is 14.9 Å². The van der Waals surface area contributed by atoms with Gasteiger partial charge in [-0.05, 0) is 37.1 Å². The average Bonchev–Trinajstić information content (AvgIpc) is 2.92. The molecule has 2 aromatic rings. The highest BCUT2D eigenvalue weighted by molar-refractivity contribution is 6.31. The molecule has 2 aliphatic rings. The third kappa shape index (κ3) is 4.41. The summed E-state index contributed by atoms with van der Waals surface area (Å²) in [6.45, 7) is 3.38. The first kappa shape index (κ1) is 20.6. The van der Waals surface area contributed by atoms with Crippen molar-refractivity contribution in [1.29, 1.82) is 0 Å². The fourth-order valence-corrected chi connectivity index (χ4v) is 4.29. The van der Waals surface area contributed by atoms with Crippen LogP contribution in [-0.4, -0.2) is 72.7 Å². The molecule has 3 heterocycles. The van der Waals surface area contributed by atoms with Crippen LogP contribution in [0.2, 0.25) is 5.02 Å². The van der Waals surface area contributed by atoms with Crippen molar-refractivity contribution in [2.45, 2.75) is 19.3 Å². The van der Waals surface area contributed by atoms with Crippen molar-refractivity contribution in [3.05, 3.63) is 35.5 Å². The smallest absolute Gasteiger partial charge is 0.343 e. The molecule has 2 aliphatic heterocycles. The molecule has 30 heavy (non-hydrogen) atoms. The summed E-state index contributed by atoms with van der Waals surface area (Å²) in [5.41, 5.74) is 1.96. The molecule has 1 aromatic heterocycles. The minimum atomic E-state index is -0.294. The number of rotatable bonds is 2. The zero-order valence-electron chi connectivity index (χ0n) is 17.1. The first-order valence-electron chi connectivity index (χ1n) is 10.4. The molecule has 1 aromatic carbocycles. The molecule has 158 valence electrons. The predicted molar refractivity (Wildman–Crippen MR) is 119 cm³/mol. The lowest BCUT2D eigenvalue weighted by Gasteiger charge is -2.35. The Labute approximate surface area is 181 Å². The van der Waals surface area contributed by atoms with Crippen molar-refractivity contribution in [3.8, 4) is 0 Å². The number of carbonyl (C=O) groups is 2. The van der Waals surface area contributed by atoms with Gasteiger partial charge in [-0.15, -0.1) is 0 Å². The van der Waals surface area contributed by atoms with Gasteiger partial charge in [-0.3, -0.25) is 9.78 Å². The number of amides is 3. The Hall–Kier alpha value is -2.67. The van der Waals surface area contributed by atoms with Crippen molar-refractivity contribution in [2.75, 3.05) is 44.7 Å². The number of hydrogen-bond acceptors (Lipinski definition) is 4. The van der Waals surface area contributed by atoms with Crippen LogP contribution in [-0.2, 0) is 4.79 Å². The maximum absolute atomic E-state index is 12.6. The summed E-state index contributed by atoms with van der Waals surface area (Å²) in [7, 11) is 1.81. The topological polar surface area (TPSA) is 69.1 Å². The van der Waals surface area contributed by atoms with E-state index in [1.54, 1.807) is 22.2 Å². The van der Waals surface area contributed by atoms with Gasteiger partial charge in [0.05, 0.1) is 11.4 Å². The summed E-state index contributed by atoms with van der Waals surface area (Å²) < 4.78 is 0. The lowest BCUT2D eigenvalue weighted by Crippen LogP contribution is -2.48. The molecule has 2 fully saturated rings. The number of hydrogen-bond donors (Lipinski definition) is 0. The molecular weight excluding hydrogens is 402 g/mol. The number of benzene rings is 1. The number of carbonyl (C=O) groups excluding carboxylic acids is 2. The van der Waals surface area contributed by atoms with Crippen LogP contribution in [0.25, 0.3) is 10.9 Å². The van der Waals surface area contributed by atoms with Gasteiger partial charge in [-0.1, -0.05) is 18.0 Å². The normalized spacial score (nSPS) is 20.8. The summed E-state index contributed by atoms with van der Waals surface area (Å²) in [4.78, 5) is 39.2. The molecule has 0 radical (unpaired) electrons. The SMILES string of the molecule is CN1CCCCC(C=NC(=O)N2CCN(c3ccnc4cc(Cl)ccc34)CC2)C1=O. The molecule has 0 aliphatic carbocycles. The van der Waals surface area contributed by atoms with E-state index >= 15 is 0 Å². The lowest BCUT2D eigenvalue weighted by atomic mass is 10.0. The van der Waals surface area contributed by atoms with Crippen LogP contribution in [0, 0.1) is 5.92 Å². The molecule has 2 saturated heterocycles. The number of likely N-dealkylation sites (tertiary alicyclic amines) is 1. The molecule has 4 rings (SSSR count). The van der Waals surface area contributed by atoms with Crippen molar-refractivity contribution in [2.24, 2.45) is 10.9 Å². The molecular formula is C22H26ClN5O2. The Morgan fingerprint density at radius 1 is 1.17 bits per heavy atom. The maximum atomic E-state index is 12.6. The second-order valence-corrected chi connectivity index (χ2v) is 8.32. The van der Waals surface area contributed by atoms with Crippen molar-refractivity contribution in [3.63, 3.8) is 0 Å². The molecule has 0 N–H and O–H groups in total. The molecule has 8 heteroatoms. The Kier molecular flexibility index (Phi) is 6.18. The summed E-state index contributed by atoms with van der Waals surface area (Å²) >= 11 is 6.09. The van der Waals surface area contributed by atoms with Crippen molar-refractivity contribution < 1.29 is 9.59 Å². The number of halogens is 1. The van der Waals surface area contributed by atoms with E-state index in [0.29, 0.717) is 31.2 Å². The van der Waals surface area contributed by atoms with Crippen LogP contribution >= 0.6 is 11.6 Å². The molecule has 1 atom stereocenters. The summed E-state index contributed by atoms with van der Waals surface area (Å²) in [5.74, 6) is -0.240. The predicted octanol–water partition coefficient (Wildman–Crippen LogP) is 3.46. The van der Waals surface area contributed by atoms with Gasteiger partial charge in [-0.2, -0.15) is 0 Å². The van der Waals surface area contributed by atoms with E-state index < -0.39 is 0 Å². The molecule has 1 unspecified atom stereocenters. The second kappa shape index (κ2) is 9.00.